The van der Waals surface area contributed by atoms with Crippen molar-refractivity contribution in [3.63, 3.8) is 0 Å². The molecule has 0 spiro atoms. The number of aliphatic hydroxyl groups excluding tert-OH is 1. The molecule has 0 fully saturated rings. The number of hydrogen-bond donors (Lipinski definition) is 12. The molecule has 7 amide bonds. The Bertz CT molecular complexity index is 1970. The number of carboxylic acid groups (broad SMARTS) is 3. The number of carbonyl (C=O) groups excluding carboxylic acids is 7. The van der Waals surface area contributed by atoms with Gasteiger partial charge in [-0.15, -0.1) is 0 Å². The molecule has 0 aliphatic carbocycles. The second-order valence-corrected chi connectivity index (χ2v) is 15.8. The van der Waals surface area contributed by atoms with Gasteiger partial charge in [0.2, 0.25) is 41.4 Å². The van der Waals surface area contributed by atoms with Crippen molar-refractivity contribution in [2.24, 2.45) is 17.4 Å². The zero-order valence-electron chi connectivity index (χ0n) is 36.4. The minimum Gasteiger partial charge on any atom is -0.481 e. The highest BCUT2D eigenvalue weighted by atomic mass is 16.4. The third-order valence-corrected chi connectivity index (χ3v) is 10.00. The molecule has 0 heterocycles. The van der Waals surface area contributed by atoms with E-state index >= 15 is 0 Å². The average Bonchev–Trinajstić information content (AvgIpc) is 3.24. The molecule has 0 radical (unpaired) electrons. The molecule has 0 aliphatic heterocycles. The van der Waals surface area contributed by atoms with Gasteiger partial charge in [-0.05, 0) is 49.7 Å². The molecule has 65 heavy (non-hydrogen) atoms. The maximum Gasteiger partial charge on any atom is 0.326 e. The lowest BCUT2D eigenvalue weighted by Crippen LogP contribution is -2.59. The molecule has 0 aromatic heterocycles. The molecule has 0 bridgehead atoms. The zero-order valence-corrected chi connectivity index (χ0v) is 36.4. The van der Waals surface area contributed by atoms with Gasteiger partial charge < -0.3 is 63.8 Å². The topological polar surface area (TPSA) is 376 Å². The largest absolute Gasteiger partial charge is 0.481 e. The SMILES string of the molecule is CC(C)[C@H](NC(=O)[C@@H](N)CCC(=O)O)C(=O)N[C@@H](CC(N)=O)C(=O)N[C@@H](Cc1ccccc1)[C@@H](O)CCC(=O)N[C@@H](C)C(=O)N[C@@H](CCC(=O)O)C(=O)N[C@@H](Cc1ccccc1)C(=O)O. The molecule has 0 aliphatic rings. The number of benzene rings is 2. The van der Waals surface area contributed by atoms with E-state index < -0.39 is 146 Å². The van der Waals surface area contributed by atoms with Crippen LogP contribution < -0.4 is 43.4 Å². The number of primary amides is 1. The van der Waals surface area contributed by atoms with Gasteiger partial charge in [0.25, 0.3) is 0 Å². The van der Waals surface area contributed by atoms with Gasteiger partial charge in [-0.2, -0.15) is 0 Å². The van der Waals surface area contributed by atoms with E-state index in [1.807, 2.05) is 0 Å². The summed E-state index contributed by atoms with van der Waals surface area (Å²) in [6.07, 6.45) is -4.54. The summed E-state index contributed by atoms with van der Waals surface area (Å²) in [5.74, 6) is -10.7. The van der Waals surface area contributed by atoms with Gasteiger partial charge in [0.05, 0.1) is 24.6 Å². The van der Waals surface area contributed by atoms with E-state index in [-0.39, 0.29) is 25.7 Å². The molecule has 8 atom stereocenters. The van der Waals surface area contributed by atoms with Crippen LogP contribution in [0.1, 0.15) is 76.8 Å². The Hall–Kier alpha value is -6.94. The predicted molar refractivity (Wildman–Crippen MR) is 231 cm³/mol. The molecule has 0 unspecified atom stereocenters. The maximum absolute atomic E-state index is 13.7. The first-order valence-corrected chi connectivity index (χ1v) is 20.8. The standard InChI is InChI=1S/C43H60N8O14/c1-23(2)37(51-39(60)27(44)14-18-35(55)56)42(63)49-30(22-33(45)53)41(62)48-29(20-25-10-6-4-7-11-25)32(52)16-17-34(54)46-24(3)38(59)47-28(15-19-36(57)58)40(61)50-31(43(64)65)21-26-12-8-5-9-13-26/h4-13,23-24,27-32,37,52H,14-22,44H2,1-3H3,(H2,45,53)(H,46,54)(H,47,59)(H,48,62)(H,49,63)(H,50,61)(H,51,60)(H,55,56)(H,57,58)(H,64,65)/t24-,27-,28-,29-,30-,31-,32-,37-/m0/s1. The predicted octanol–water partition coefficient (Wildman–Crippen LogP) is -1.79. The fourth-order valence-electron chi connectivity index (χ4n) is 6.33. The zero-order chi connectivity index (χ0) is 48.8. The molecule has 22 heteroatoms. The van der Waals surface area contributed by atoms with Gasteiger partial charge in [0.15, 0.2) is 0 Å². The molecular weight excluding hydrogens is 853 g/mol. The lowest BCUT2D eigenvalue weighted by atomic mass is 9.97. The summed E-state index contributed by atoms with van der Waals surface area (Å²) in [5.41, 5.74) is 12.4. The van der Waals surface area contributed by atoms with E-state index in [0.29, 0.717) is 11.1 Å². The summed E-state index contributed by atoms with van der Waals surface area (Å²) >= 11 is 0. The highest BCUT2D eigenvalue weighted by Gasteiger charge is 2.34. The molecule has 22 nitrogen and oxygen atoms in total. The van der Waals surface area contributed by atoms with Crippen LogP contribution in [0.2, 0.25) is 0 Å². The van der Waals surface area contributed by atoms with Crippen molar-refractivity contribution in [1.29, 1.82) is 0 Å². The number of hydrogen-bond acceptors (Lipinski definition) is 12. The van der Waals surface area contributed by atoms with E-state index in [1.165, 1.54) is 6.92 Å². The van der Waals surface area contributed by atoms with Crippen molar-refractivity contribution in [3.05, 3.63) is 71.8 Å². The second-order valence-electron chi connectivity index (χ2n) is 15.8. The Morgan fingerprint density at radius 2 is 1.06 bits per heavy atom. The first kappa shape index (κ1) is 54.2. The van der Waals surface area contributed by atoms with Gasteiger partial charge in [-0.1, -0.05) is 74.5 Å². The van der Waals surface area contributed by atoms with Crippen LogP contribution in [0.25, 0.3) is 0 Å². The number of amides is 7. The average molecular weight is 913 g/mol. The van der Waals surface area contributed by atoms with Crippen molar-refractivity contribution in [2.75, 3.05) is 0 Å². The number of nitrogens with two attached hydrogens (primary N) is 2. The van der Waals surface area contributed by atoms with E-state index in [1.54, 1.807) is 74.5 Å². The fraction of sp³-hybridized carbons (Fsp3) is 0.488. The van der Waals surface area contributed by atoms with E-state index in [2.05, 4.69) is 31.9 Å². The molecule has 0 saturated heterocycles. The maximum atomic E-state index is 13.7. The van der Waals surface area contributed by atoms with Crippen LogP contribution in [0.15, 0.2) is 60.7 Å². The summed E-state index contributed by atoms with van der Waals surface area (Å²) in [6.45, 7) is 4.44. The Balaban J connectivity index is 2.16. The van der Waals surface area contributed by atoms with Gasteiger partial charge >= 0.3 is 17.9 Å². The lowest BCUT2D eigenvalue weighted by molar-refractivity contribution is -0.143. The van der Waals surface area contributed by atoms with Crippen LogP contribution in [0.4, 0.5) is 0 Å². The molecule has 0 saturated carbocycles. The van der Waals surface area contributed by atoms with Crippen LogP contribution in [-0.4, -0.2) is 128 Å². The van der Waals surface area contributed by atoms with Gasteiger partial charge in [0.1, 0.15) is 30.2 Å². The third-order valence-electron chi connectivity index (χ3n) is 10.00. The van der Waals surface area contributed by atoms with Crippen molar-refractivity contribution >= 4 is 59.3 Å². The minimum absolute atomic E-state index is 0.00179. The molecule has 14 N–H and O–H groups in total. The Labute approximate surface area is 375 Å². The molecule has 2 rings (SSSR count). The first-order valence-electron chi connectivity index (χ1n) is 20.8. The van der Waals surface area contributed by atoms with Crippen molar-refractivity contribution in [3.8, 4) is 0 Å². The van der Waals surface area contributed by atoms with Crippen molar-refractivity contribution in [2.45, 2.75) is 127 Å². The smallest absolute Gasteiger partial charge is 0.326 e. The van der Waals surface area contributed by atoms with E-state index in [0.717, 1.165) is 0 Å². The Morgan fingerprint density at radius 3 is 1.58 bits per heavy atom. The summed E-state index contributed by atoms with van der Waals surface area (Å²) < 4.78 is 0. The van der Waals surface area contributed by atoms with Gasteiger partial charge in [-0.25, -0.2) is 4.79 Å². The summed E-state index contributed by atoms with van der Waals surface area (Å²) in [7, 11) is 0. The van der Waals surface area contributed by atoms with E-state index in [4.69, 9.17) is 16.6 Å². The number of carbonyl (C=O) groups is 10. The van der Waals surface area contributed by atoms with Gasteiger partial charge in [-0.3, -0.25) is 43.2 Å². The summed E-state index contributed by atoms with van der Waals surface area (Å²) in [5, 5.41) is 53.8. The van der Waals surface area contributed by atoms with Crippen LogP contribution >= 0.6 is 0 Å². The van der Waals surface area contributed by atoms with Gasteiger partial charge in [0, 0.05) is 25.7 Å². The van der Waals surface area contributed by atoms with E-state index in [9.17, 15) is 63.3 Å². The fourth-order valence-corrected chi connectivity index (χ4v) is 6.33. The molecule has 2 aromatic carbocycles. The summed E-state index contributed by atoms with van der Waals surface area (Å²) in [4.78, 5) is 126. The van der Waals surface area contributed by atoms with Crippen molar-refractivity contribution in [1.82, 2.24) is 31.9 Å². The first-order chi connectivity index (χ1) is 30.6. The number of aliphatic hydroxyl groups is 1. The highest BCUT2D eigenvalue weighted by molar-refractivity contribution is 5.96. The van der Waals surface area contributed by atoms with Crippen molar-refractivity contribution < 1.29 is 68.4 Å². The third kappa shape index (κ3) is 20.4. The number of carboxylic acids is 3. The monoisotopic (exact) mass is 912 g/mol. The minimum atomic E-state index is -1.60. The van der Waals surface area contributed by atoms with Crippen LogP contribution in [0, 0.1) is 5.92 Å². The number of aliphatic carboxylic acids is 3. The molecule has 2 aromatic rings. The second kappa shape index (κ2) is 27.3. The number of rotatable bonds is 29. The van der Waals surface area contributed by atoms with Crippen LogP contribution in [0.5, 0.6) is 0 Å². The Morgan fingerprint density at radius 1 is 0.554 bits per heavy atom. The summed E-state index contributed by atoms with van der Waals surface area (Å²) in [6, 6.07) is 7.44. The quantitative estimate of drug-likeness (QED) is 0.0429. The van der Waals surface area contributed by atoms with Crippen LogP contribution in [-0.2, 0) is 60.8 Å². The normalized spacial score (nSPS) is 14.7. The highest BCUT2D eigenvalue weighted by Crippen LogP contribution is 2.13. The lowest BCUT2D eigenvalue weighted by Gasteiger charge is -2.29. The Kier molecular flexibility index (Phi) is 22.8. The molecule has 356 valence electrons. The van der Waals surface area contributed by atoms with Crippen LogP contribution in [0.3, 0.4) is 0 Å². The molecular formula is C43H60N8O14. The number of nitrogens with one attached hydrogen (secondary N) is 6.